The second kappa shape index (κ2) is 11.6. The lowest BCUT2D eigenvalue weighted by Crippen LogP contribution is -2.27. The lowest BCUT2D eigenvalue weighted by Gasteiger charge is -2.12. The van der Waals surface area contributed by atoms with E-state index in [4.69, 9.17) is 16.3 Å². The molecule has 0 aliphatic carbocycles. The van der Waals surface area contributed by atoms with Gasteiger partial charge in [0, 0.05) is 34.3 Å². The first-order chi connectivity index (χ1) is 19.4. The van der Waals surface area contributed by atoms with Crippen molar-refractivity contribution in [3.8, 4) is 17.3 Å². The van der Waals surface area contributed by atoms with Gasteiger partial charge in [-0.3, -0.25) is 24.1 Å². The van der Waals surface area contributed by atoms with Crippen LogP contribution in [0.4, 0.5) is 5.82 Å². The summed E-state index contributed by atoms with van der Waals surface area (Å²) in [6.45, 7) is 0.198. The fraction of sp³-hybridized carbons (Fsp3) is 0.120. The number of pyridine rings is 1. The van der Waals surface area contributed by atoms with Gasteiger partial charge >= 0.3 is 5.97 Å². The van der Waals surface area contributed by atoms with Crippen molar-refractivity contribution in [1.29, 1.82) is 5.26 Å². The van der Waals surface area contributed by atoms with Crippen LogP contribution in [0.2, 0.25) is 4.34 Å². The molecule has 0 radical (unpaired) electrons. The fourth-order valence-corrected chi connectivity index (χ4v) is 5.36. The Labute approximate surface area is 239 Å². The summed E-state index contributed by atoms with van der Waals surface area (Å²) in [4.78, 5) is 48.3. The Morgan fingerprint density at radius 1 is 1.23 bits per heavy atom. The van der Waals surface area contributed by atoms with Crippen LogP contribution in [0.1, 0.15) is 37.1 Å². The molecular formula is C25H17ClN8O4S2. The molecule has 5 rings (SSSR count). The van der Waals surface area contributed by atoms with Crippen LogP contribution in [0.25, 0.3) is 11.3 Å². The number of methoxy groups -OCH3 is 1. The van der Waals surface area contributed by atoms with Crippen LogP contribution < -0.4 is 10.9 Å². The normalized spacial score (nSPS) is 10.7. The maximum absolute atomic E-state index is 13.3. The number of esters is 1. The minimum Gasteiger partial charge on any atom is -0.464 e. The Balaban J connectivity index is 1.64. The molecule has 0 saturated heterocycles. The van der Waals surface area contributed by atoms with E-state index in [-0.39, 0.29) is 47.1 Å². The summed E-state index contributed by atoms with van der Waals surface area (Å²) < 4.78 is 11.8. The molecule has 0 fully saturated rings. The molecule has 0 aromatic carbocycles. The molecule has 0 atom stereocenters. The zero-order chi connectivity index (χ0) is 28.2. The Morgan fingerprint density at radius 3 is 2.73 bits per heavy atom. The van der Waals surface area contributed by atoms with Crippen LogP contribution in [0.15, 0.2) is 59.1 Å². The van der Waals surface area contributed by atoms with Crippen LogP contribution in [-0.4, -0.2) is 47.7 Å². The highest BCUT2D eigenvalue weighted by Gasteiger charge is 2.27. The van der Waals surface area contributed by atoms with E-state index in [1.807, 2.05) is 6.07 Å². The van der Waals surface area contributed by atoms with E-state index in [0.717, 1.165) is 21.1 Å². The van der Waals surface area contributed by atoms with Crippen LogP contribution >= 0.6 is 34.5 Å². The Bertz CT molecular complexity index is 1810. The van der Waals surface area contributed by atoms with E-state index in [1.54, 1.807) is 11.4 Å². The number of anilines is 1. The summed E-state index contributed by atoms with van der Waals surface area (Å²) in [6, 6.07) is 9.78. The molecule has 0 aliphatic rings. The second-order valence-corrected chi connectivity index (χ2v) is 10.6. The molecule has 0 saturated carbocycles. The maximum atomic E-state index is 13.3. The Kier molecular flexibility index (Phi) is 7.78. The minimum absolute atomic E-state index is 0.00637. The summed E-state index contributed by atoms with van der Waals surface area (Å²) in [5.41, 5.74) is 0.0568. The molecule has 0 amide bonds. The number of nitriles is 1. The summed E-state index contributed by atoms with van der Waals surface area (Å²) in [5, 5.41) is 19.3. The topological polar surface area (TPSA) is 158 Å². The summed E-state index contributed by atoms with van der Waals surface area (Å²) in [7, 11) is 1.19. The summed E-state index contributed by atoms with van der Waals surface area (Å²) >= 11 is 8.48. The molecule has 1 N–H and O–H groups in total. The standard InChI is InChI=1S/C25H17ClN8O4S2/c1-38-25(37)19-8-14(9-21(35)33(19)13-15-11-28-5-6-29-15)22-17(10-27)23(30-12-16-2-3-20(26)40-16)34(31-22)24(36)18-4-7-39-32-18/h2-9,11,30H,12-13H2,1H3. The zero-order valence-electron chi connectivity index (χ0n) is 20.6. The summed E-state index contributed by atoms with van der Waals surface area (Å²) in [6.07, 6.45) is 4.43. The molecule has 0 unspecified atom stereocenters. The molecule has 0 aliphatic heterocycles. The number of carbonyl (C=O) groups excluding carboxylic acids is 2. The number of hydrogen-bond acceptors (Lipinski definition) is 12. The third kappa shape index (κ3) is 5.38. The third-order valence-corrected chi connectivity index (χ3v) is 7.43. The number of aromatic nitrogens is 6. The third-order valence-electron chi connectivity index (χ3n) is 5.64. The van der Waals surface area contributed by atoms with Gasteiger partial charge < -0.3 is 10.1 Å². The lowest BCUT2D eigenvalue weighted by atomic mass is 10.1. The van der Waals surface area contributed by atoms with Crippen molar-refractivity contribution >= 4 is 52.2 Å². The number of nitrogens with one attached hydrogen (secondary N) is 1. The number of ether oxygens (including phenoxy) is 1. The molecule has 40 heavy (non-hydrogen) atoms. The Morgan fingerprint density at radius 2 is 2.08 bits per heavy atom. The highest BCUT2D eigenvalue weighted by Crippen LogP contribution is 2.30. The van der Waals surface area contributed by atoms with Gasteiger partial charge in [0.2, 0.25) is 0 Å². The number of hydrogen-bond donors (Lipinski definition) is 1. The van der Waals surface area contributed by atoms with E-state index in [0.29, 0.717) is 10.0 Å². The molecular weight excluding hydrogens is 576 g/mol. The smallest absolute Gasteiger partial charge is 0.354 e. The van der Waals surface area contributed by atoms with Gasteiger partial charge in [-0.05, 0) is 35.8 Å². The largest absolute Gasteiger partial charge is 0.464 e. The van der Waals surface area contributed by atoms with E-state index in [2.05, 4.69) is 30.8 Å². The first kappa shape index (κ1) is 26.9. The number of thiophene rings is 1. The van der Waals surface area contributed by atoms with Crippen LogP contribution in [0.3, 0.4) is 0 Å². The average molecular weight is 593 g/mol. The fourth-order valence-electron chi connectivity index (χ4n) is 3.83. The molecule has 0 spiro atoms. The number of carbonyl (C=O) groups is 2. The van der Waals surface area contributed by atoms with Gasteiger partial charge in [0.25, 0.3) is 11.5 Å². The van der Waals surface area contributed by atoms with E-state index in [9.17, 15) is 19.6 Å². The van der Waals surface area contributed by atoms with Crippen molar-refractivity contribution in [3.05, 3.63) is 96.5 Å². The van der Waals surface area contributed by atoms with E-state index < -0.39 is 17.4 Å². The SMILES string of the molecule is COC(=O)c1cc(-c2nn(C(=O)c3ccsn3)c(NCc3ccc(Cl)s3)c2C#N)cc(=O)n1Cc1cnccn1. The van der Waals surface area contributed by atoms with Crippen molar-refractivity contribution in [3.63, 3.8) is 0 Å². The van der Waals surface area contributed by atoms with Crippen molar-refractivity contribution in [2.24, 2.45) is 0 Å². The molecule has 15 heteroatoms. The summed E-state index contributed by atoms with van der Waals surface area (Å²) in [5.74, 6) is -1.27. The van der Waals surface area contributed by atoms with Crippen molar-refractivity contribution in [2.45, 2.75) is 13.1 Å². The van der Waals surface area contributed by atoms with Gasteiger partial charge in [0.15, 0.2) is 5.82 Å². The van der Waals surface area contributed by atoms with Gasteiger partial charge in [-0.2, -0.15) is 19.4 Å². The average Bonchev–Trinajstić information content (AvgIpc) is 3.72. The van der Waals surface area contributed by atoms with E-state index >= 15 is 0 Å². The molecule has 5 heterocycles. The van der Waals surface area contributed by atoms with Gasteiger partial charge in [-0.15, -0.1) is 11.3 Å². The lowest BCUT2D eigenvalue weighted by molar-refractivity contribution is 0.0587. The highest BCUT2D eigenvalue weighted by atomic mass is 35.5. The predicted octanol–water partition coefficient (Wildman–Crippen LogP) is 3.68. The molecule has 200 valence electrons. The monoisotopic (exact) mass is 592 g/mol. The molecule has 5 aromatic rings. The Hall–Kier alpha value is -4.71. The highest BCUT2D eigenvalue weighted by molar-refractivity contribution is 7.16. The first-order valence-corrected chi connectivity index (χ1v) is 13.5. The van der Waals surface area contributed by atoms with Crippen molar-refractivity contribution in [2.75, 3.05) is 12.4 Å². The number of rotatable bonds is 8. The molecule has 0 bridgehead atoms. The molecule has 12 nitrogen and oxygen atoms in total. The van der Waals surface area contributed by atoms with Gasteiger partial charge in [0.05, 0.1) is 36.4 Å². The van der Waals surface area contributed by atoms with Crippen LogP contribution in [0.5, 0.6) is 0 Å². The van der Waals surface area contributed by atoms with Gasteiger partial charge in [0.1, 0.15) is 28.7 Å². The molecule has 5 aromatic heterocycles. The predicted molar refractivity (Wildman–Crippen MR) is 148 cm³/mol. The number of halogens is 1. The van der Waals surface area contributed by atoms with Crippen molar-refractivity contribution in [1.82, 2.24) is 28.7 Å². The first-order valence-electron chi connectivity index (χ1n) is 11.4. The number of nitrogens with zero attached hydrogens (tertiary/aromatic N) is 7. The quantitative estimate of drug-likeness (QED) is 0.263. The maximum Gasteiger partial charge on any atom is 0.354 e. The van der Waals surface area contributed by atoms with Gasteiger partial charge in [-0.1, -0.05) is 11.6 Å². The minimum atomic E-state index is -0.785. The van der Waals surface area contributed by atoms with Crippen LogP contribution in [0, 0.1) is 11.3 Å². The van der Waals surface area contributed by atoms with E-state index in [1.165, 1.54) is 59.8 Å². The zero-order valence-corrected chi connectivity index (χ0v) is 23.0. The van der Waals surface area contributed by atoms with Gasteiger partial charge in [-0.25, -0.2) is 4.79 Å². The van der Waals surface area contributed by atoms with Crippen molar-refractivity contribution < 1.29 is 14.3 Å². The second-order valence-electron chi connectivity index (χ2n) is 8.09. The van der Waals surface area contributed by atoms with Crippen LogP contribution in [-0.2, 0) is 17.8 Å².